The SMILES string of the molecule is CCN1CCOC(CNC(=O)C2(CN)CC2)C1. The van der Waals surface area contributed by atoms with Gasteiger partial charge in [-0.25, -0.2) is 0 Å². The minimum Gasteiger partial charge on any atom is -0.374 e. The smallest absolute Gasteiger partial charge is 0.227 e. The predicted octanol–water partition coefficient (Wildman–Crippen LogP) is -0.438. The number of likely N-dealkylation sites (N-methyl/N-ethyl adjacent to an activating group) is 1. The number of carbonyl (C=O) groups excluding carboxylic acids is 1. The zero-order valence-corrected chi connectivity index (χ0v) is 10.6. The number of morpholine rings is 1. The highest BCUT2D eigenvalue weighted by atomic mass is 16.5. The van der Waals surface area contributed by atoms with Gasteiger partial charge in [0.25, 0.3) is 0 Å². The fourth-order valence-corrected chi connectivity index (χ4v) is 2.26. The molecule has 1 aliphatic carbocycles. The van der Waals surface area contributed by atoms with Crippen LogP contribution >= 0.6 is 0 Å². The fourth-order valence-electron chi connectivity index (χ4n) is 2.26. The van der Waals surface area contributed by atoms with E-state index in [9.17, 15) is 4.79 Å². The molecule has 3 N–H and O–H groups in total. The van der Waals surface area contributed by atoms with E-state index in [0.29, 0.717) is 13.1 Å². The molecule has 1 saturated carbocycles. The lowest BCUT2D eigenvalue weighted by Gasteiger charge is -2.32. The minimum atomic E-state index is -0.251. The van der Waals surface area contributed by atoms with Crippen molar-refractivity contribution >= 4 is 5.91 Å². The maximum Gasteiger partial charge on any atom is 0.227 e. The first-order valence-corrected chi connectivity index (χ1v) is 6.52. The maximum atomic E-state index is 11.9. The molecule has 0 spiro atoms. The molecule has 0 radical (unpaired) electrons. The van der Waals surface area contributed by atoms with Crippen LogP contribution in [-0.4, -0.2) is 56.2 Å². The summed E-state index contributed by atoms with van der Waals surface area (Å²) in [4.78, 5) is 14.2. The zero-order valence-electron chi connectivity index (χ0n) is 10.6. The summed E-state index contributed by atoms with van der Waals surface area (Å²) in [5, 5.41) is 2.98. The Morgan fingerprint density at radius 3 is 2.94 bits per heavy atom. The van der Waals surface area contributed by atoms with Gasteiger partial charge in [0.2, 0.25) is 5.91 Å². The van der Waals surface area contributed by atoms with Crippen LogP contribution in [0.2, 0.25) is 0 Å². The number of rotatable bonds is 5. The topological polar surface area (TPSA) is 67.6 Å². The van der Waals surface area contributed by atoms with Gasteiger partial charge in [0, 0.05) is 26.2 Å². The lowest BCUT2D eigenvalue weighted by atomic mass is 10.1. The van der Waals surface area contributed by atoms with E-state index in [1.807, 2.05) is 0 Å². The number of hydrogen-bond donors (Lipinski definition) is 2. The second-order valence-corrected chi connectivity index (χ2v) is 5.08. The van der Waals surface area contributed by atoms with Gasteiger partial charge in [-0.2, -0.15) is 0 Å². The van der Waals surface area contributed by atoms with E-state index in [2.05, 4.69) is 17.1 Å². The standard InChI is InChI=1S/C12H23N3O2/c1-2-15-5-6-17-10(8-15)7-14-11(16)12(9-13)3-4-12/h10H,2-9,13H2,1H3,(H,14,16). The summed E-state index contributed by atoms with van der Waals surface area (Å²) in [6.45, 7) is 6.92. The second-order valence-electron chi connectivity index (χ2n) is 5.08. The molecule has 2 aliphatic rings. The number of nitrogens with two attached hydrogens (primary N) is 1. The largest absolute Gasteiger partial charge is 0.374 e. The Morgan fingerprint density at radius 1 is 1.59 bits per heavy atom. The lowest BCUT2D eigenvalue weighted by Crippen LogP contribution is -2.48. The van der Waals surface area contributed by atoms with Gasteiger partial charge in [0.15, 0.2) is 0 Å². The average Bonchev–Trinajstić information content (AvgIpc) is 3.17. The van der Waals surface area contributed by atoms with Gasteiger partial charge in [-0.05, 0) is 19.4 Å². The van der Waals surface area contributed by atoms with Crippen molar-refractivity contribution < 1.29 is 9.53 Å². The Kier molecular flexibility index (Phi) is 4.01. The molecule has 1 aliphatic heterocycles. The van der Waals surface area contributed by atoms with Gasteiger partial charge in [-0.15, -0.1) is 0 Å². The molecule has 0 bridgehead atoms. The number of hydrogen-bond acceptors (Lipinski definition) is 4. The Hall–Kier alpha value is -0.650. The summed E-state index contributed by atoms with van der Waals surface area (Å²) in [5.74, 6) is 0.109. The van der Waals surface area contributed by atoms with E-state index < -0.39 is 0 Å². The molecule has 1 atom stereocenters. The van der Waals surface area contributed by atoms with Gasteiger partial charge >= 0.3 is 0 Å². The van der Waals surface area contributed by atoms with Gasteiger partial charge in [0.1, 0.15) is 0 Å². The van der Waals surface area contributed by atoms with Crippen LogP contribution in [-0.2, 0) is 9.53 Å². The predicted molar refractivity (Wildman–Crippen MR) is 65.6 cm³/mol. The first-order chi connectivity index (χ1) is 8.20. The quantitative estimate of drug-likeness (QED) is 0.685. The molecule has 1 unspecified atom stereocenters. The first kappa shape index (κ1) is 12.8. The third-order valence-electron chi connectivity index (χ3n) is 3.89. The third-order valence-corrected chi connectivity index (χ3v) is 3.89. The molecule has 0 aromatic heterocycles. The van der Waals surface area contributed by atoms with Gasteiger partial charge in [-0.1, -0.05) is 6.92 Å². The highest BCUT2D eigenvalue weighted by Crippen LogP contribution is 2.44. The van der Waals surface area contributed by atoms with Crippen molar-refractivity contribution in [1.29, 1.82) is 0 Å². The van der Waals surface area contributed by atoms with Crippen molar-refractivity contribution in [2.24, 2.45) is 11.1 Å². The van der Waals surface area contributed by atoms with Crippen molar-refractivity contribution in [3.8, 4) is 0 Å². The number of ether oxygens (including phenoxy) is 1. The molecule has 98 valence electrons. The molecule has 0 aromatic carbocycles. The van der Waals surface area contributed by atoms with E-state index in [1.165, 1.54) is 0 Å². The Balaban J connectivity index is 1.72. The first-order valence-electron chi connectivity index (χ1n) is 6.52. The summed E-state index contributed by atoms with van der Waals surface area (Å²) >= 11 is 0. The van der Waals surface area contributed by atoms with Gasteiger partial charge in [-0.3, -0.25) is 9.69 Å². The van der Waals surface area contributed by atoms with Crippen molar-refractivity contribution in [2.45, 2.75) is 25.9 Å². The van der Waals surface area contributed by atoms with Crippen LogP contribution in [0.15, 0.2) is 0 Å². The summed E-state index contributed by atoms with van der Waals surface area (Å²) < 4.78 is 5.64. The average molecular weight is 241 g/mol. The molecule has 2 fully saturated rings. The van der Waals surface area contributed by atoms with Crippen molar-refractivity contribution in [3.63, 3.8) is 0 Å². The van der Waals surface area contributed by atoms with E-state index in [-0.39, 0.29) is 17.4 Å². The fraction of sp³-hybridized carbons (Fsp3) is 0.917. The van der Waals surface area contributed by atoms with E-state index in [4.69, 9.17) is 10.5 Å². The lowest BCUT2D eigenvalue weighted by molar-refractivity contribution is -0.127. The molecule has 1 heterocycles. The zero-order chi connectivity index (χ0) is 12.3. The molecule has 2 rings (SSSR count). The van der Waals surface area contributed by atoms with Crippen LogP contribution in [0.25, 0.3) is 0 Å². The van der Waals surface area contributed by atoms with Crippen molar-refractivity contribution in [3.05, 3.63) is 0 Å². The Morgan fingerprint density at radius 2 is 2.35 bits per heavy atom. The van der Waals surface area contributed by atoms with E-state index in [0.717, 1.165) is 39.1 Å². The Labute approximate surface area is 103 Å². The summed E-state index contributed by atoms with van der Waals surface area (Å²) in [7, 11) is 0. The maximum absolute atomic E-state index is 11.9. The highest BCUT2D eigenvalue weighted by Gasteiger charge is 2.48. The molecule has 17 heavy (non-hydrogen) atoms. The molecular formula is C12H23N3O2. The van der Waals surface area contributed by atoms with Crippen LogP contribution in [0.5, 0.6) is 0 Å². The van der Waals surface area contributed by atoms with Crippen LogP contribution in [0.4, 0.5) is 0 Å². The molecule has 5 heteroatoms. The molecule has 0 aromatic rings. The van der Waals surface area contributed by atoms with Gasteiger partial charge in [0.05, 0.1) is 18.1 Å². The number of nitrogens with one attached hydrogen (secondary N) is 1. The molecule has 1 saturated heterocycles. The van der Waals surface area contributed by atoms with Crippen LogP contribution in [0.3, 0.4) is 0 Å². The third kappa shape index (κ3) is 2.97. The number of nitrogens with zero attached hydrogens (tertiary/aromatic N) is 1. The number of amides is 1. The van der Waals surface area contributed by atoms with Crippen LogP contribution in [0, 0.1) is 5.41 Å². The molecular weight excluding hydrogens is 218 g/mol. The van der Waals surface area contributed by atoms with Crippen LogP contribution in [0.1, 0.15) is 19.8 Å². The normalized spacial score (nSPS) is 27.8. The summed E-state index contributed by atoms with van der Waals surface area (Å²) in [5.41, 5.74) is 5.37. The summed E-state index contributed by atoms with van der Waals surface area (Å²) in [6.07, 6.45) is 1.99. The molecule has 1 amide bonds. The van der Waals surface area contributed by atoms with Crippen molar-refractivity contribution in [1.82, 2.24) is 10.2 Å². The summed E-state index contributed by atoms with van der Waals surface area (Å²) in [6, 6.07) is 0. The second kappa shape index (κ2) is 5.33. The van der Waals surface area contributed by atoms with Gasteiger partial charge < -0.3 is 15.8 Å². The van der Waals surface area contributed by atoms with Crippen molar-refractivity contribution in [2.75, 3.05) is 39.3 Å². The van der Waals surface area contributed by atoms with Crippen LogP contribution < -0.4 is 11.1 Å². The minimum absolute atomic E-state index is 0.109. The van der Waals surface area contributed by atoms with E-state index in [1.54, 1.807) is 0 Å². The number of carbonyl (C=O) groups is 1. The Bertz CT molecular complexity index is 279. The molecule has 5 nitrogen and oxygen atoms in total. The van der Waals surface area contributed by atoms with E-state index >= 15 is 0 Å². The monoisotopic (exact) mass is 241 g/mol. The highest BCUT2D eigenvalue weighted by molar-refractivity contribution is 5.85.